The third-order valence-electron chi connectivity index (χ3n) is 1.85. The van der Waals surface area contributed by atoms with Crippen LogP contribution in [0.25, 0.3) is 0 Å². The molecule has 3 N–H and O–H groups in total. The van der Waals surface area contributed by atoms with Gasteiger partial charge < -0.3 is 16.0 Å². The Bertz CT molecular complexity index is 138. The zero-order valence-corrected chi connectivity index (χ0v) is 8.13. The van der Waals surface area contributed by atoms with Gasteiger partial charge in [0.1, 0.15) is 0 Å². The lowest BCUT2D eigenvalue weighted by Crippen LogP contribution is -2.45. The second-order valence-corrected chi connectivity index (χ2v) is 2.93. The molecule has 0 aromatic carbocycles. The summed E-state index contributed by atoms with van der Waals surface area (Å²) in [7, 11) is 1.75. The van der Waals surface area contributed by atoms with Crippen molar-refractivity contribution >= 4 is 6.03 Å². The first-order chi connectivity index (χ1) is 5.63. The van der Waals surface area contributed by atoms with E-state index in [2.05, 4.69) is 5.32 Å². The lowest BCUT2D eigenvalue weighted by Gasteiger charge is -2.23. The van der Waals surface area contributed by atoms with Crippen LogP contribution >= 0.6 is 0 Å². The minimum Gasteiger partial charge on any atom is -0.338 e. The van der Waals surface area contributed by atoms with Gasteiger partial charge in [0.15, 0.2) is 0 Å². The molecule has 1 atom stereocenters. The van der Waals surface area contributed by atoms with Crippen molar-refractivity contribution in [3.63, 3.8) is 0 Å². The monoisotopic (exact) mass is 173 g/mol. The Kier molecular flexibility index (Phi) is 5.45. The molecule has 1 unspecified atom stereocenters. The maximum absolute atomic E-state index is 11.3. The first kappa shape index (κ1) is 11.2. The number of hydrogen-bond donors (Lipinski definition) is 2. The van der Waals surface area contributed by atoms with E-state index in [4.69, 9.17) is 5.73 Å². The standard InChI is InChI=1S/C8H19N3O/c1-4-5-10-8(12)11(3)7(2)6-9/h7H,4-6,9H2,1-3H3,(H,10,12). The van der Waals surface area contributed by atoms with Crippen LogP contribution in [-0.2, 0) is 0 Å². The lowest BCUT2D eigenvalue weighted by molar-refractivity contribution is 0.195. The summed E-state index contributed by atoms with van der Waals surface area (Å²) in [6.45, 7) is 5.16. The normalized spacial score (nSPS) is 12.3. The number of carbonyl (C=O) groups excluding carboxylic acids is 1. The summed E-state index contributed by atoms with van der Waals surface area (Å²) in [5.41, 5.74) is 5.42. The van der Waals surface area contributed by atoms with E-state index in [0.717, 1.165) is 13.0 Å². The van der Waals surface area contributed by atoms with Crippen molar-refractivity contribution in [1.82, 2.24) is 10.2 Å². The molecule has 0 aromatic heterocycles. The van der Waals surface area contributed by atoms with Gasteiger partial charge in [0.25, 0.3) is 0 Å². The van der Waals surface area contributed by atoms with Crippen LogP contribution in [-0.4, -0.2) is 37.1 Å². The summed E-state index contributed by atoms with van der Waals surface area (Å²) >= 11 is 0. The van der Waals surface area contributed by atoms with Crippen LogP contribution in [0, 0.1) is 0 Å². The predicted molar refractivity (Wildman–Crippen MR) is 50.0 cm³/mol. The molecule has 4 nitrogen and oxygen atoms in total. The number of likely N-dealkylation sites (N-methyl/N-ethyl adjacent to an activating group) is 1. The zero-order valence-electron chi connectivity index (χ0n) is 8.13. The molecule has 4 heteroatoms. The number of nitrogens with zero attached hydrogens (tertiary/aromatic N) is 1. The summed E-state index contributed by atoms with van der Waals surface area (Å²) in [5, 5.41) is 2.78. The average Bonchev–Trinajstić information content (AvgIpc) is 2.11. The first-order valence-electron chi connectivity index (χ1n) is 4.34. The number of nitrogens with two attached hydrogens (primary N) is 1. The molecule has 0 saturated heterocycles. The number of rotatable bonds is 4. The second-order valence-electron chi connectivity index (χ2n) is 2.93. The molecule has 0 rings (SSSR count). The van der Waals surface area contributed by atoms with Crippen molar-refractivity contribution in [2.45, 2.75) is 26.3 Å². The van der Waals surface area contributed by atoms with E-state index < -0.39 is 0 Å². The fraction of sp³-hybridized carbons (Fsp3) is 0.875. The molecule has 0 bridgehead atoms. The van der Waals surface area contributed by atoms with Gasteiger partial charge in [-0.1, -0.05) is 6.92 Å². The molecular weight excluding hydrogens is 154 g/mol. The van der Waals surface area contributed by atoms with Crippen molar-refractivity contribution in [3.05, 3.63) is 0 Å². The molecule has 0 heterocycles. The first-order valence-corrected chi connectivity index (χ1v) is 4.34. The van der Waals surface area contributed by atoms with E-state index in [1.807, 2.05) is 13.8 Å². The molecule has 0 aliphatic carbocycles. The van der Waals surface area contributed by atoms with Crippen LogP contribution < -0.4 is 11.1 Å². The van der Waals surface area contributed by atoms with Crippen LogP contribution in [0.15, 0.2) is 0 Å². The van der Waals surface area contributed by atoms with Gasteiger partial charge in [-0.25, -0.2) is 4.79 Å². The van der Waals surface area contributed by atoms with Crippen molar-refractivity contribution in [2.24, 2.45) is 5.73 Å². The Morgan fingerprint density at radius 1 is 1.67 bits per heavy atom. The Morgan fingerprint density at radius 2 is 2.25 bits per heavy atom. The Hall–Kier alpha value is -0.770. The molecule has 0 spiro atoms. The van der Waals surface area contributed by atoms with E-state index >= 15 is 0 Å². The van der Waals surface area contributed by atoms with Crippen molar-refractivity contribution < 1.29 is 4.79 Å². The predicted octanol–water partition coefficient (Wildman–Crippen LogP) is 0.385. The Labute approximate surface area is 74.1 Å². The van der Waals surface area contributed by atoms with Crippen molar-refractivity contribution in [1.29, 1.82) is 0 Å². The summed E-state index contributed by atoms with van der Waals surface area (Å²) < 4.78 is 0. The largest absolute Gasteiger partial charge is 0.338 e. The van der Waals surface area contributed by atoms with Gasteiger partial charge >= 0.3 is 6.03 Å². The molecule has 0 saturated carbocycles. The quantitative estimate of drug-likeness (QED) is 0.646. The number of urea groups is 1. The van der Waals surface area contributed by atoms with Crippen LogP contribution in [0.1, 0.15) is 20.3 Å². The van der Waals surface area contributed by atoms with Crippen molar-refractivity contribution in [2.75, 3.05) is 20.1 Å². The number of amides is 2. The Morgan fingerprint density at radius 3 is 2.67 bits per heavy atom. The highest BCUT2D eigenvalue weighted by atomic mass is 16.2. The third-order valence-corrected chi connectivity index (χ3v) is 1.85. The third kappa shape index (κ3) is 3.57. The molecule has 2 amide bonds. The van der Waals surface area contributed by atoms with Crippen LogP contribution in [0.2, 0.25) is 0 Å². The lowest BCUT2D eigenvalue weighted by atomic mass is 10.3. The van der Waals surface area contributed by atoms with Gasteiger partial charge in [0.05, 0.1) is 0 Å². The molecular formula is C8H19N3O. The number of hydrogen-bond acceptors (Lipinski definition) is 2. The van der Waals surface area contributed by atoms with Gasteiger partial charge in [-0.15, -0.1) is 0 Å². The van der Waals surface area contributed by atoms with E-state index in [0.29, 0.717) is 6.54 Å². The summed E-state index contributed by atoms with van der Waals surface area (Å²) in [6.07, 6.45) is 0.955. The minimum absolute atomic E-state index is 0.0465. The average molecular weight is 173 g/mol. The molecule has 0 aliphatic heterocycles. The summed E-state index contributed by atoms with van der Waals surface area (Å²) in [6, 6.07) is 0.0525. The minimum atomic E-state index is -0.0465. The smallest absolute Gasteiger partial charge is 0.317 e. The highest BCUT2D eigenvalue weighted by molar-refractivity contribution is 5.74. The van der Waals surface area contributed by atoms with Gasteiger partial charge in [0, 0.05) is 26.2 Å². The zero-order chi connectivity index (χ0) is 9.56. The van der Waals surface area contributed by atoms with Crippen LogP contribution in [0.3, 0.4) is 0 Å². The molecule has 0 aromatic rings. The van der Waals surface area contributed by atoms with E-state index in [-0.39, 0.29) is 12.1 Å². The highest BCUT2D eigenvalue weighted by Crippen LogP contribution is 1.92. The Balaban J connectivity index is 3.75. The molecule has 0 aliphatic rings. The molecule has 72 valence electrons. The van der Waals surface area contributed by atoms with E-state index in [9.17, 15) is 4.79 Å². The number of nitrogens with one attached hydrogen (secondary N) is 1. The SMILES string of the molecule is CCCNC(=O)N(C)C(C)CN. The van der Waals surface area contributed by atoms with E-state index in [1.165, 1.54) is 0 Å². The number of carbonyl (C=O) groups is 1. The summed E-state index contributed by atoms with van der Waals surface area (Å²) in [5.74, 6) is 0. The van der Waals surface area contributed by atoms with Crippen LogP contribution in [0.4, 0.5) is 4.79 Å². The molecule has 0 radical (unpaired) electrons. The maximum atomic E-state index is 11.3. The van der Waals surface area contributed by atoms with Gasteiger partial charge in [-0.3, -0.25) is 0 Å². The van der Waals surface area contributed by atoms with Gasteiger partial charge in [0.2, 0.25) is 0 Å². The maximum Gasteiger partial charge on any atom is 0.317 e. The van der Waals surface area contributed by atoms with Gasteiger partial charge in [-0.2, -0.15) is 0 Å². The second kappa shape index (κ2) is 5.83. The fourth-order valence-corrected chi connectivity index (χ4v) is 0.715. The van der Waals surface area contributed by atoms with Crippen LogP contribution in [0.5, 0.6) is 0 Å². The van der Waals surface area contributed by atoms with E-state index in [1.54, 1.807) is 11.9 Å². The topological polar surface area (TPSA) is 58.4 Å². The highest BCUT2D eigenvalue weighted by Gasteiger charge is 2.12. The van der Waals surface area contributed by atoms with Crippen molar-refractivity contribution in [3.8, 4) is 0 Å². The molecule has 12 heavy (non-hydrogen) atoms. The fourth-order valence-electron chi connectivity index (χ4n) is 0.715. The van der Waals surface area contributed by atoms with Gasteiger partial charge in [-0.05, 0) is 13.3 Å². The summed E-state index contributed by atoms with van der Waals surface area (Å²) in [4.78, 5) is 12.9. The molecule has 0 fully saturated rings.